The van der Waals surface area contributed by atoms with Crippen molar-refractivity contribution in [2.45, 2.75) is 5.54 Å². The van der Waals surface area contributed by atoms with Crippen LogP contribution in [0.2, 0.25) is 0 Å². The van der Waals surface area contributed by atoms with Gasteiger partial charge in [-0.15, -0.1) is 0 Å². The molecule has 0 radical (unpaired) electrons. The minimum atomic E-state index is -0.689. The van der Waals surface area contributed by atoms with Crippen LogP contribution < -0.4 is 0 Å². The van der Waals surface area contributed by atoms with Crippen LogP contribution in [0.4, 0.5) is 0 Å². The molecule has 20 heavy (non-hydrogen) atoms. The van der Waals surface area contributed by atoms with Crippen LogP contribution in [0.5, 0.6) is 0 Å². The topological polar surface area (TPSA) is 37.4 Å². The lowest BCUT2D eigenvalue weighted by Crippen LogP contribution is -2.43. The van der Waals surface area contributed by atoms with Crippen molar-refractivity contribution in [2.75, 3.05) is 7.05 Å². The second kappa shape index (κ2) is 4.56. The molecule has 100 valence electrons. The third kappa shape index (κ3) is 1.72. The van der Waals surface area contributed by atoms with Gasteiger partial charge in [0.05, 0.1) is 4.48 Å². The van der Waals surface area contributed by atoms with Crippen molar-refractivity contribution in [2.24, 2.45) is 0 Å². The number of carbonyl (C=O) groups is 2. The summed E-state index contributed by atoms with van der Waals surface area (Å²) in [6, 6.07) is 9.72. The molecule has 0 saturated carbocycles. The van der Waals surface area contributed by atoms with Crippen LogP contribution in [-0.2, 0) is 9.59 Å². The summed E-state index contributed by atoms with van der Waals surface area (Å²) in [5, 5.41) is 0. The summed E-state index contributed by atoms with van der Waals surface area (Å²) in [7, 11) is 1.74. The summed E-state index contributed by atoms with van der Waals surface area (Å²) < 4.78 is 0.537. The lowest BCUT2D eigenvalue weighted by Gasteiger charge is -2.34. The molecule has 1 aliphatic heterocycles. The predicted octanol–water partition coefficient (Wildman–Crippen LogP) is 2.70. The summed E-state index contributed by atoms with van der Waals surface area (Å²) in [6.07, 6.45) is 6.59. The Morgan fingerprint density at radius 1 is 1.15 bits per heavy atom. The fraction of sp³-hybridized carbons (Fsp3) is 0.125. The first-order chi connectivity index (χ1) is 9.56. The molecule has 4 heteroatoms. The molecule has 0 N–H and O–H groups in total. The third-order valence-corrected chi connectivity index (χ3v) is 4.47. The Hall–Kier alpha value is -1.94. The van der Waals surface area contributed by atoms with E-state index in [0.29, 0.717) is 4.48 Å². The number of allylic oxidation sites excluding steroid dienone is 2. The molecule has 1 amide bonds. The van der Waals surface area contributed by atoms with Gasteiger partial charge < -0.3 is 4.90 Å². The summed E-state index contributed by atoms with van der Waals surface area (Å²) in [5.41, 5.74) is 1.14. The van der Waals surface area contributed by atoms with Crippen LogP contribution >= 0.6 is 15.9 Å². The molecular weight excluding hydrogens is 320 g/mol. The Balaban J connectivity index is 2.23. The average Bonchev–Trinajstić information content (AvgIpc) is 2.65. The Labute approximate surface area is 125 Å². The number of benzene rings is 1. The molecule has 0 bridgehead atoms. The van der Waals surface area contributed by atoms with Crippen LogP contribution in [0.25, 0.3) is 5.57 Å². The lowest BCUT2D eigenvalue weighted by atomic mass is 9.83. The average molecular weight is 332 g/mol. The molecule has 1 aromatic rings. The summed E-state index contributed by atoms with van der Waals surface area (Å²) in [6.45, 7) is 0. The van der Waals surface area contributed by atoms with Gasteiger partial charge in [-0.05, 0) is 45.8 Å². The number of ketones is 1. The van der Waals surface area contributed by atoms with Crippen molar-refractivity contribution in [1.29, 1.82) is 0 Å². The van der Waals surface area contributed by atoms with Gasteiger partial charge in [0, 0.05) is 12.6 Å². The second-order valence-corrected chi connectivity index (χ2v) is 5.61. The summed E-state index contributed by atoms with van der Waals surface area (Å²) >= 11 is 3.41. The highest BCUT2D eigenvalue weighted by Gasteiger charge is 2.47. The molecular formula is C16H12BrNO2. The number of carbonyl (C=O) groups excluding carboxylic acids is 2. The molecule has 2 aliphatic rings. The molecule has 1 aliphatic carbocycles. The maximum absolute atomic E-state index is 12.3. The highest BCUT2D eigenvalue weighted by atomic mass is 79.9. The van der Waals surface area contributed by atoms with E-state index in [1.807, 2.05) is 30.3 Å². The first-order valence-corrected chi connectivity index (χ1v) is 7.02. The number of halogens is 1. The van der Waals surface area contributed by atoms with Crippen LogP contribution in [0.15, 0.2) is 59.1 Å². The SMILES string of the molecule is CN1C(=[16O])C(Br)=C(c2ccccc2)C12C=CC(=[18O])C=C2. The normalized spacial score (nSPS) is 20.4. The molecule has 0 atom stereocenters. The number of nitrogens with zero attached hydrogens (tertiary/aromatic N) is 1. The molecule has 0 saturated heterocycles. The van der Waals surface area contributed by atoms with E-state index >= 15 is 0 Å². The van der Waals surface area contributed by atoms with Gasteiger partial charge in [-0.25, -0.2) is 0 Å². The maximum Gasteiger partial charge on any atom is 0.262 e. The largest absolute Gasteiger partial charge is 0.324 e. The molecule has 3 nitrogen and oxygen atoms in total. The van der Waals surface area contributed by atoms with Crippen molar-refractivity contribution in [1.82, 2.24) is 4.90 Å². The molecule has 0 unspecified atom stereocenters. The first kappa shape index (κ1) is 13.1. The molecule has 1 heterocycles. The van der Waals surface area contributed by atoms with Crippen molar-refractivity contribution in [3.63, 3.8) is 0 Å². The highest BCUT2D eigenvalue weighted by Crippen LogP contribution is 2.46. The van der Waals surface area contributed by atoms with Gasteiger partial charge in [0.2, 0.25) is 0 Å². The number of likely N-dealkylation sites (N-methyl/N-ethyl adjacent to an activating group) is 1. The van der Waals surface area contributed by atoms with E-state index in [4.69, 9.17) is 0 Å². The quantitative estimate of drug-likeness (QED) is 0.742. The van der Waals surface area contributed by atoms with Crippen LogP contribution in [0.1, 0.15) is 5.56 Å². The first-order valence-electron chi connectivity index (χ1n) is 6.22. The van der Waals surface area contributed by atoms with Gasteiger partial charge in [-0.1, -0.05) is 30.3 Å². The minimum Gasteiger partial charge on any atom is -0.324 e. The van der Waals surface area contributed by atoms with Crippen LogP contribution in [0, 0.1) is 0 Å². The van der Waals surface area contributed by atoms with Gasteiger partial charge in [0.15, 0.2) is 5.78 Å². The Morgan fingerprint density at radius 2 is 1.75 bits per heavy atom. The number of amides is 1. The molecule has 1 aromatic carbocycles. The number of hydrogen-bond acceptors (Lipinski definition) is 2. The maximum atomic E-state index is 12.3. The van der Waals surface area contributed by atoms with Crippen molar-refractivity contribution in [3.8, 4) is 0 Å². The van der Waals surface area contributed by atoms with Gasteiger partial charge in [0.1, 0.15) is 5.54 Å². The van der Waals surface area contributed by atoms with Crippen molar-refractivity contribution < 1.29 is 9.59 Å². The third-order valence-electron chi connectivity index (χ3n) is 3.73. The minimum absolute atomic E-state index is 0.0630. The monoisotopic (exact) mass is 331 g/mol. The van der Waals surface area contributed by atoms with Crippen molar-refractivity contribution in [3.05, 3.63) is 64.7 Å². The zero-order chi connectivity index (χ0) is 14.3. The predicted molar refractivity (Wildman–Crippen MR) is 81.1 cm³/mol. The van der Waals surface area contributed by atoms with Gasteiger partial charge >= 0.3 is 0 Å². The number of hydrogen-bond donors (Lipinski definition) is 0. The van der Waals surface area contributed by atoms with E-state index in [2.05, 4.69) is 15.9 Å². The van der Waals surface area contributed by atoms with E-state index in [9.17, 15) is 9.59 Å². The van der Waals surface area contributed by atoms with Gasteiger partial charge in [-0.3, -0.25) is 9.59 Å². The van der Waals surface area contributed by atoms with E-state index in [1.54, 1.807) is 24.1 Å². The highest BCUT2D eigenvalue weighted by molar-refractivity contribution is 9.12. The fourth-order valence-electron chi connectivity index (χ4n) is 2.65. The standard InChI is InChI=1S/C16H12BrNO2/c1-18-15(20)14(17)13(11-5-3-2-4-6-11)16(18)9-7-12(19)8-10-16/h2-10H,1H3/i19+2,20+0. The van der Waals surface area contributed by atoms with E-state index in [1.165, 1.54) is 12.2 Å². The Kier molecular flexibility index (Phi) is 2.98. The van der Waals surface area contributed by atoms with Gasteiger partial charge in [-0.2, -0.15) is 0 Å². The van der Waals surface area contributed by atoms with Crippen molar-refractivity contribution >= 4 is 33.2 Å². The van der Waals surface area contributed by atoms with Gasteiger partial charge in [0.25, 0.3) is 5.91 Å². The van der Waals surface area contributed by atoms with E-state index in [-0.39, 0.29) is 11.7 Å². The lowest BCUT2D eigenvalue weighted by molar-refractivity contribution is -0.125. The Bertz CT molecular complexity index is 670. The molecule has 1 spiro atoms. The van der Waals surface area contributed by atoms with E-state index in [0.717, 1.165) is 11.1 Å². The molecule has 0 aromatic heterocycles. The van der Waals surface area contributed by atoms with Crippen LogP contribution in [-0.4, -0.2) is 29.2 Å². The van der Waals surface area contributed by atoms with E-state index < -0.39 is 5.54 Å². The molecule has 0 fully saturated rings. The molecule has 3 rings (SSSR count). The summed E-state index contributed by atoms with van der Waals surface area (Å²) in [4.78, 5) is 25.4. The summed E-state index contributed by atoms with van der Waals surface area (Å²) in [5.74, 6) is -0.153. The number of rotatable bonds is 1. The smallest absolute Gasteiger partial charge is 0.262 e. The zero-order valence-corrected chi connectivity index (χ0v) is 12.4. The Morgan fingerprint density at radius 3 is 2.35 bits per heavy atom. The fourth-order valence-corrected chi connectivity index (χ4v) is 3.46. The van der Waals surface area contributed by atoms with Crippen LogP contribution in [0.3, 0.4) is 0 Å². The second-order valence-electron chi connectivity index (χ2n) is 4.81. The zero-order valence-electron chi connectivity index (χ0n) is 10.8.